The van der Waals surface area contributed by atoms with E-state index in [0.717, 1.165) is 46.5 Å². The van der Waals surface area contributed by atoms with Crippen LogP contribution in [0.15, 0.2) is 49.1 Å². The molecule has 1 saturated carbocycles. The quantitative estimate of drug-likeness (QED) is 0.320. The fourth-order valence-electron chi connectivity index (χ4n) is 6.96. The number of piperazine rings is 1. The number of pyridine rings is 1. The molecule has 1 saturated heterocycles. The Hall–Kier alpha value is -3.89. The number of rotatable bonds is 5. The van der Waals surface area contributed by atoms with Gasteiger partial charge in [0.15, 0.2) is 0 Å². The van der Waals surface area contributed by atoms with Crippen LogP contribution in [0, 0.1) is 0 Å². The summed E-state index contributed by atoms with van der Waals surface area (Å²) in [5, 5.41) is 10.2. The zero-order chi connectivity index (χ0) is 32.4. The number of hydrogen-bond acceptors (Lipinski definition) is 5. The molecule has 0 radical (unpaired) electrons. The first-order valence-corrected chi connectivity index (χ1v) is 16.8. The van der Waals surface area contributed by atoms with Crippen LogP contribution in [0.2, 0.25) is 5.02 Å². The van der Waals surface area contributed by atoms with Gasteiger partial charge in [0.1, 0.15) is 0 Å². The second-order valence-corrected chi connectivity index (χ2v) is 14.2. The molecule has 1 unspecified atom stereocenters. The molecular weight excluding hydrogens is 600 g/mol. The zero-order valence-electron chi connectivity index (χ0n) is 27.2. The molecule has 2 atom stereocenters. The first kappa shape index (κ1) is 32.1. The highest BCUT2D eigenvalue weighted by atomic mass is 35.5. The molecule has 4 amide bonds. The number of urea groups is 2. The third-order valence-electron chi connectivity index (χ3n) is 9.19. The second-order valence-electron chi connectivity index (χ2n) is 13.7. The van der Waals surface area contributed by atoms with Crippen LogP contribution in [0.5, 0.6) is 0 Å². The summed E-state index contributed by atoms with van der Waals surface area (Å²) in [7, 11) is 1.93. The van der Waals surface area contributed by atoms with Crippen molar-refractivity contribution in [3.63, 3.8) is 0 Å². The number of hydrogen-bond donors (Lipinski definition) is 3. The number of imidazole rings is 1. The number of carbonyl (C=O) groups is 2. The van der Waals surface area contributed by atoms with E-state index in [0.29, 0.717) is 31.2 Å². The predicted octanol–water partition coefficient (Wildman–Crippen LogP) is 5.91. The van der Waals surface area contributed by atoms with E-state index < -0.39 is 11.6 Å². The van der Waals surface area contributed by atoms with Gasteiger partial charge < -0.3 is 25.4 Å². The van der Waals surface area contributed by atoms with Crippen LogP contribution in [-0.4, -0.2) is 74.2 Å². The minimum Gasteiger partial charge on any atom is -0.336 e. The number of aryl methyl sites for hydroxylation is 1. The maximum absolute atomic E-state index is 13.4. The Kier molecular flexibility index (Phi) is 9.38. The minimum absolute atomic E-state index is 0.0423. The summed E-state index contributed by atoms with van der Waals surface area (Å²) >= 11 is 6.70. The zero-order valence-corrected chi connectivity index (χ0v) is 28.0. The van der Waals surface area contributed by atoms with Crippen molar-refractivity contribution in [3.05, 3.63) is 82.2 Å². The smallest absolute Gasteiger partial charge is 0.317 e. The molecule has 244 valence electrons. The van der Waals surface area contributed by atoms with E-state index in [1.165, 1.54) is 19.3 Å². The lowest BCUT2D eigenvalue weighted by molar-refractivity contribution is 0.116. The number of carbonyl (C=O) groups excluding carboxylic acids is 2. The molecule has 10 nitrogen and oxygen atoms in total. The van der Waals surface area contributed by atoms with Gasteiger partial charge >= 0.3 is 12.1 Å². The first-order valence-electron chi connectivity index (χ1n) is 16.4. The van der Waals surface area contributed by atoms with Crippen LogP contribution in [0.25, 0.3) is 11.6 Å². The van der Waals surface area contributed by atoms with Crippen molar-refractivity contribution < 1.29 is 9.59 Å². The Morgan fingerprint density at radius 2 is 1.80 bits per heavy atom. The number of nitrogens with one attached hydrogen (secondary N) is 3. The van der Waals surface area contributed by atoms with Gasteiger partial charge in [-0.3, -0.25) is 9.88 Å². The summed E-state index contributed by atoms with van der Waals surface area (Å²) < 4.78 is 1.93. The van der Waals surface area contributed by atoms with Crippen molar-refractivity contribution >= 4 is 35.3 Å². The normalized spacial score (nSPS) is 19.7. The lowest BCUT2D eigenvalue weighted by Crippen LogP contribution is -2.54. The summed E-state index contributed by atoms with van der Waals surface area (Å²) in [6.45, 7) is 8.53. The summed E-state index contributed by atoms with van der Waals surface area (Å²) in [4.78, 5) is 40.3. The van der Waals surface area contributed by atoms with Crippen LogP contribution < -0.4 is 16.0 Å². The van der Waals surface area contributed by atoms with E-state index in [1.54, 1.807) is 12.5 Å². The van der Waals surface area contributed by atoms with Gasteiger partial charge in [0.05, 0.1) is 36.0 Å². The maximum atomic E-state index is 13.4. The van der Waals surface area contributed by atoms with Gasteiger partial charge in [-0.2, -0.15) is 0 Å². The summed E-state index contributed by atoms with van der Waals surface area (Å²) in [5.41, 5.74) is 5.21. The fourth-order valence-corrected chi connectivity index (χ4v) is 7.13. The maximum Gasteiger partial charge on any atom is 0.317 e. The third-order valence-corrected chi connectivity index (χ3v) is 9.42. The van der Waals surface area contributed by atoms with Crippen molar-refractivity contribution in [3.8, 4) is 0 Å². The van der Waals surface area contributed by atoms with Gasteiger partial charge in [0.25, 0.3) is 0 Å². The average Bonchev–Trinajstić information content (AvgIpc) is 3.39. The van der Waals surface area contributed by atoms with E-state index >= 15 is 0 Å². The highest BCUT2D eigenvalue weighted by Gasteiger charge is 2.36. The molecule has 1 aliphatic heterocycles. The number of aromatic nitrogens is 3. The number of amides is 4. The third kappa shape index (κ3) is 7.08. The van der Waals surface area contributed by atoms with Gasteiger partial charge in [0.2, 0.25) is 0 Å². The van der Waals surface area contributed by atoms with Crippen LogP contribution in [0.4, 0.5) is 9.59 Å². The fraction of sp³-hybridized carbons (Fsp3) is 0.486. The Labute approximate surface area is 276 Å². The molecule has 3 heterocycles. The molecule has 1 aromatic carbocycles. The van der Waals surface area contributed by atoms with E-state index in [2.05, 4.69) is 44.0 Å². The van der Waals surface area contributed by atoms with E-state index in [1.807, 2.05) is 61.7 Å². The lowest BCUT2D eigenvalue weighted by Gasteiger charge is -2.40. The molecule has 46 heavy (non-hydrogen) atoms. The molecule has 3 N–H and O–H groups in total. The van der Waals surface area contributed by atoms with Crippen molar-refractivity contribution in [1.82, 2.24) is 40.3 Å². The molecule has 2 aliphatic carbocycles. The van der Waals surface area contributed by atoms with Crippen molar-refractivity contribution in [2.24, 2.45) is 7.05 Å². The first-order chi connectivity index (χ1) is 22.1. The highest BCUT2D eigenvalue weighted by molar-refractivity contribution is 6.30. The molecule has 2 aromatic heterocycles. The van der Waals surface area contributed by atoms with Gasteiger partial charge in [-0.15, -0.1) is 0 Å². The lowest BCUT2D eigenvalue weighted by atomic mass is 9.89. The molecule has 11 heteroatoms. The monoisotopic (exact) mass is 644 g/mol. The number of fused-ring (bicyclic) bond motifs is 2. The van der Waals surface area contributed by atoms with Crippen LogP contribution in [0.1, 0.15) is 93.0 Å². The number of benzene rings is 1. The van der Waals surface area contributed by atoms with Crippen molar-refractivity contribution in [2.75, 3.05) is 26.2 Å². The van der Waals surface area contributed by atoms with Crippen molar-refractivity contribution in [2.45, 2.75) is 76.5 Å². The molecule has 0 spiro atoms. The topological polar surface area (TPSA) is 107 Å². The van der Waals surface area contributed by atoms with Crippen LogP contribution in [0.3, 0.4) is 0 Å². The SMILES string of the molecule is Cn1cncc1C(NC(=O)NC(C)(C)C)C1=Cc2cccnc2[C@@H](N2CCN(C(=O)NC3CCCCC3)CC2)c2ccc(Cl)cc21. The largest absolute Gasteiger partial charge is 0.336 e. The Balaban J connectivity index is 1.35. The Morgan fingerprint density at radius 3 is 2.50 bits per heavy atom. The minimum atomic E-state index is -0.529. The Morgan fingerprint density at radius 1 is 1.04 bits per heavy atom. The molecule has 2 fully saturated rings. The van der Waals surface area contributed by atoms with Crippen LogP contribution in [-0.2, 0) is 7.05 Å². The summed E-state index contributed by atoms with van der Waals surface area (Å²) in [6.07, 6.45) is 13.3. The summed E-state index contributed by atoms with van der Waals surface area (Å²) in [6, 6.07) is 9.36. The molecule has 3 aromatic rings. The van der Waals surface area contributed by atoms with Gasteiger partial charge in [-0.25, -0.2) is 14.6 Å². The number of halogens is 1. The average molecular weight is 645 g/mol. The molecule has 3 aliphatic rings. The van der Waals surface area contributed by atoms with E-state index in [4.69, 9.17) is 16.6 Å². The van der Waals surface area contributed by atoms with Crippen molar-refractivity contribution in [1.29, 1.82) is 0 Å². The van der Waals surface area contributed by atoms with Gasteiger partial charge in [-0.05, 0) is 80.2 Å². The van der Waals surface area contributed by atoms with E-state index in [9.17, 15) is 9.59 Å². The predicted molar refractivity (Wildman–Crippen MR) is 181 cm³/mol. The second kappa shape index (κ2) is 13.5. The standard InChI is InChI=1S/C35H45ClN8O2/c1-35(2,3)41-33(45)40-31(29-21-37-22-42(29)4)28-19-23-9-8-14-38-30(23)32(26-13-12-24(36)20-27(26)28)43-15-17-44(18-16-43)34(46)39-25-10-6-5-7-11-25/h8-9,12-14,19-22,25,31-32H,5-7,10-11,15-18H2,1-4H3,(H,39,46)(H2,40,41,45)/t31?,32-/m0/s1. The Bertz CT molecular complexity index is 1600. The molecule has 0 bridgehead atoms. The molecular formula is C35H45ClN8O2. The van der Waals surface area contributed by atoms with Gasteiger partial charge in [-0.1, -0.05) is 43.0 Å². The van der Waals surface area contributed by atoms with E-state index in [-0.39, 0.29) is 24.1 Å². The molecule has 6 rings (SSSR count). The highest BCUT2D eigenvalue weighted by Crippen LogP contribution is 2.44. The van der Waals surface area contributed by atoms with Crippen LogP contribution >= 0.6 is 11.6 Å². The number of nitrogens with zero attached hydrogens (tertiary/aromatic N) is 5. The summed E-state index contributed by atoms with van der Waals surface area (Å²) in [5.74, 6) is 0. The van der Waals surface area contributed by atoms with Gasteiger partial charge in [0, 0.05) is 56.0 Å².